The Morgan fingerprint density at radius 2 is 2.00 bits per heavy atom. The first kappa shape index (κ1) is 12.7. The van der Waals surface area contributed by atoms with Crippen molar-refractivity contribution >= 4 is 11.3 Å². The first-order valence-corrected chi connectivity index (χ1v) is 7.49. The van der Waals surface area contributed by atoms with Crippen molar-refractivity contribution < 1.29 is 5.11 Å². The summed E-state index contributed by atoms with van der Waals surface area (Å²) in [6, 6.07) is 12.2. The molecule has 2 N–H and O–H groups in total. The van der Waals surface area contributed by atoms with Gasteiger partial charge in [-0.2, -0.15) is 0 Å². The third kappa shape index (κ3) is 2.81. The van der Waals surface area contributed by atoms with E-state index in [1.807, 2.05) is 12.1 Å². The van der Waals surface area contributed by atoms with E-state index in [4.69, 9.17) is 0 Å². The lowest BCUT2D eigenvalue weighted by atomic mass is 10.0. The molecule has 1 fully saturated rings. The Morgan fingerprint density at radius 1 is 1.16 bits per heavy atom. The molecule has 3 nitrogen and oxygen atoms in total. The number of piperazine rings is 1. The Labute approximate surface area is 117 Å². The van der Waals surface area contributed by atoms with Gasteiger partial charge in [-0.25, -0.2) is 0 Å². The molecule has 0 unspecified atom stereocenters. The van der Waals surface area contributed by atoms with E-state index >= 15 is 0 Å². The fourth-order valence-corrected chi connectivity index (χ4v) is 3.52. The predicted octanol–water partition coefficient (Wildman–Crippen LogP) is 2.45. The second kappa shape index (κ2) is 5.74. The summed E-state index contributed by atoms with van der Waals surface area (Å²) >= 11 is 1.78. The smallest absolute Gasteiger partial charge is 0.115 e. The van der Waals surface area contributed by atoms with Gasteiger partial charge in [-0.05, 0) is 29.1 Å². The molecule has 1 aromatic carbocycles. The van der Waals surface area contributed by atoms with Gasteiger partial charge >= 0.3 is 0 Å². The highest BCUT2D eigenvalue weighted by atomic mass is 32.1. The van der Waals surface area contributed by atoms with Crippen LogP contribution >= 0.6 is 11.3 Å². The van der Waals surface area contributed by atoms with Crippen LogP contribution in [0, 0.1) is 0 Å². The molecule has 0 saturated carbocycles. The number of thiophene rings is 1. The minimum atomic E-state index is 0.259. The Morgan fingerprint density at radius 3 is 2.68 bits per heavy atom. The molecule has 0 amide bonds. The van der Waals surface area contributed by atoms with Gasteiger partial charge in [0.05, 0.1) is 6.04 Å². The summed E-state index contributed by atoms with van der Waals surface area (Å²) < 4.78 is 0. The van der Waals surface area contributed by atoms with Crippen molar-refractivity contribution in [1.82, 2.24) is 10.2 Å². The third-order valence-corrected chi connectivity index (χ3v) is 4.44. The van der Waals surface area contributed by atoms with Crippen LogP contribution < -0.4 is 5.32 Å². The van der Waals surface area contributed by atoms with Crippen molar-refractivity contribution in [3.05, 3.63) is 52.2 Å². The number of nitrogens with zero attached hydrogens (tertiary/aromatic N) is 1. The summed E-state index contributed by atoms with van der Waals surface area (Å²) in [5.41, 5.74) is 1.17. The number of hydrogen-bond acceptors (Lipinski definition) is 4. The molecule has 4 heteroatoms. The van der Waals surface area contributed by atoms with E-state index in [1.54, 1.807) is 17.4 Å². The molecular formula is C15H18N2OS. The zero-order valence-corrected chi connectivity index (χ0v) is 11.6. The van der Waals surface area contributed by atoms with Crippen LogP contribution in [-0.2, 0) is 0 Å². The first-order chi connectivity index (χ1) is 9.34. The highest BCUT2D eigenvalue weighted by Crippen LogP contribution is 2.33. The Kier molecular flexibility index (Phi) is 3.82. The van der Waals surface area contributed by atoms with Gasteiger partial charge in [-0.3, -0.25) is 4.90 Å². The first-order valence-electron chi connectivity index (χ1n) is 6.62. The van der Waals surface area contributed by atoms with E-state index in [2.05, 4.69) is 33.8 Å². The van der Waals surface area contributed by atoms with Crippen LogP contribution in [0.4, 0.5) is 0 Å². The Hall–Kier alpha value is -1.36. The number of hydrogen-bond donors (Lipinski definition) is 2. The Bertz CT molecular complexity index is 521. The van der Waals surface area contributed by atoms with Crippen molar-refractivity contribution in [2.45, 2.75) is 6.04 Å². The quantitative estimate of drug-likeness (QED) is 0.902. The number of phenolic OH excluding ortho intramolecular Hbond substituents is 1. The lowest BCUT2D eigenvalue weighted by Gasteiger charge is -2.34. The largest absolute Gasteiger partial charge is 0.508 e. The third-order valence-electron chi connectivity index (χ3n) is 3.52. The number of aromatic hydroxyl groups is 1. The average Bonchev–Trinajstić information content (AvgIpc) is 2.94. The minimum absolute atomic E-state index is 0.259. The summed E-state index contributed by atoms with van der Waals surface area (Å²) in [4.78, 5) is 3.82. The minimum Gasteiger partial charge on any atom is -0.508 e. The van der Waals surface area contributed by atoms with Gasteiger partial charge < -0.3 is 10.4 Å². The predicted molar refractivity (Wildman–Crippen MR) is 78.7 cm³/mol. The molecular weight excluding hydrogens is 256 g/mol. The SMILES string of the molecule is Oc1cccc([C@@H](c2cccs2)N2CCNCC2)c1. The maximum Gasteiger partial charge on any atom is 0.115 e. The second-order valence-corrected chi connectivity index (χ2v) is 5.78. The van der Waals surface area contributed by atoms with Gasteiger partial charge in [-0.15, -0.1) is 11.3 Å². The summed E-state index contributed by atoms with van der Waals surface area (Å²) in [5, 5.41) is 15.2. The number of benzene rings is 1. The number of rotatable bonds is 3. The highest BCUT2D eigenvalue weighted by molar-refractivity contribution is 7.10. The van der Waals surface area contributed by atoms with Crippen molar-refractivity contribution in [2.75, 3.05) is 26.2 Å². The van der Waals surface area contributed by atoms with Crippen molar-refractivity contribution in [3.8, 4) is 5.75 Å². The van der Waals surface area contributed by atoms with Gasteiger partial charge in [0.2, 0.25) is 0 Å². The zero-order chi connectivity index (χ0) is 13.1. The highest BCUT2D eigenvalue weighted by Gasteiger charge is 2.24. The molecule has 0 spiro atoms. The molecule has 1 atom stereocenters. The van der Waals surface area contributed by atoms with E-state index in [0.29, 0.717) is 5.75 Å². The van der Waals surface area contributed by atoms with E-state index < -0.39 is 0 Å². The van der Waals surface area contributed by atoms with Crippen LogP contribution in [0.15, 0.2) is 41.8 Å². The fraction of sp³-hybridized carbons (Fsp3) is 0.333. The fourth-order valence-electron chi connectivity index (χ4n) is 2.64. The van der Waals surface area contributed by atoms with E-state index in [-0.39, 0.29) is 6.04 Å². The molecule has 0 aliphatic carbocycles. The van der Waals surface area contributed by atoms with Crippen molar-refractivity contribution in [3.63, 3.8) is 0 Å². The van der Waals surface area contributed by atoms with Crippen molar-refractivity contribution in [1.29, 1.82) is 0 Å². The van der Waals surface area contributed by atoms with Crippen LogP contribution in [0.2, 0.25) is 0 Å². The maximum atomic E-state index is 9.73. The maximum absolute atomic E-state index is 9.73. The standard InChI is InChI=1S/C15H18N2OS/c18-13-4-1-3-12(11-13)15(14-5-2-10-19-14)17-8-6-16-7-9-17/h1-5,10-11,15-16,18H,6-9H2/t15-/m0/s1. The molecule has 2 aromatic rings. The molecule has 1 aliphatic heterocycles. The Balaban J connectivity index is 1.96. The van der Waals surface area contributed by atoms with E-state index in [9.17, 15) is 5.11 Å². The summed E-state index contributed by atoms with van der Waals surface area (Å²) in [6.07, 6.45) is 0. The molecule has 2 heterocycles. The molecule has 1 aromatic heterocycles. The molecule has 1 aliphatic rings. The van der Waals surface area contributed by atoms with Gasteiger partial charge in [-0.1, -0.05) is 18.2 Å². The zero-order valence-electron chi connectivity index (χ0n) is 10.7. The monoisotopic (exact) mass is 274 g/mol. The molecule has 1 saturated heterocycles. The van der Waals surface area contributed by atoms with Crippen LogP contribution in [-0.4, -0.2) is 36.2 Å². The normalized spacial score (nSPS) is 18.3. The topological polar surface area (TPSA) is 35.5 Å². The lowest BCUT2D eigenvalue weighted by molar-refractivity contribution is 0.200. The number of nitrogens with one attached hydrogen (secondary N) is 1. The lowest BCUT2D eigenvalue weighted by Crippen LogP contribution is -2.45. The summed E-state index contributed by atoms with van der Waals surface area (Å²) in [5.74, 6) is 0.342. The van der Waals surface area contributed by atoms with E-state index in [0.717, 1.165) is 26.2 Å². The molecule has 0 bridgehead atoms. The van der Waals surface area contributed by atoms with Gasteiger partial charge in [0.1, 0.15) is 5.75 Å². The molecule has 100 valence electrons. The number of phenols is 1. The van der Waals surface area contributed by atoms with Gasteiger partial charge in [0.15, 0.2) is 0 Å². The van der Waals surface area contributed by atoms with Crippen molar-refractivity contribution in [2.24, 2.45) is 0 Å². The van der Waals surface area contributed by atoms with E-state index in [1.165, 1.54) is 10.4 Å². The molecule has 0 radical (unpaired) electrons. The summed E-state index contributed by atoms with van der Waals surface area (Å²) in [6.45, 7) is 4.14. The van der Waals surface area contributed by atoms with Crippen LogP contribution in [0.3, 0.4) is 0 Å². The van der Waals surface area contributed by atoms with Gasteiger partial charge in [0, 0.05) is 31.1 Å². The molecule has 19 heavy (non-hydrogen) atoms. The van der Waals surface area contributed by atoms with Crippen LogP contribution in [0.5, 0.6) is 5.75 Å². The van der Waals surface area contributed by atoms with Crippen LogP contribution in [0.1, 0.15) is 16.5 Å². The van der Waals surface area contributed by atoms with Gasteiger partial charge in [0.25, 0.3) is 0 Å². The average molecular weight is 274 g/mol. The van der Waals surface area contributed by atoms with Crippen LogP contribution in [0.25, 0.3) is 0 Å². The summed E-state index contributed by atoms with van der Waals surface area (Å²) in [7, 11) is 0. The second-order valence-electron chi connectivity index (χ2n) is 4.80. The molecule has 3 rings (SSSR count).